The summed E-state index contributed by atoms with van der Waals surface area (Å²) in [6, 6.07) is 4.10. The van der Waals surface area contributed by atoms with Crippen molar-refractivity contribution in [3.05, 3.63) is 30.1 Å². The maximum atomic E-state index is 6.27. The molecule has 0 radical (unpaired) electrons. The van der Waals surface area contributed by atoms with Crippen molar-refractivity contribution in [3.63, 3.8) is 0 Å². The van der Waals surface area contributed by atoms with E-state index in [1.165, 1.54) is 12.0 Å². The Hall–Kier alpha value is -0.930. The first kappa shape index (κ1) is 11.6. The van der Waals surface area contributed by atoms with Gasteiger partial charge in [0.05, 0.1) is 5.60 Å². The highest BCUT2D eigenvalue weighted by Crippen LogP contribution is 2.28. The molecule has 2 rings (SSSR count). The van der Waals surface area contributed by atoms with Gasteiger partial charge < -0.3 is 10.5 Å². The van der Waals surface area contributed by atoms with Crippen molar-refractivity contribution in [1.29, 1.82) is 0 Å². The first-order valence-electron chi connectivity index (χ1n) is 5.99. The van der Waals surface area contributed by atoms with Crippen LogP contribution in [0.4, 0.5) is 0 Å². The maximum Gasteiger partial charge on any atom is 0.0807 e. The minimum absolute atomic E-state index is 0.0650. The molecule has 1 aliphatic heterocycles. The van der Waals surface area contributed by atoms with Gasteiger partial charge in [-0.05, 0) is 50.3 Å². The standard InChI is InChI=1S/C13H20N2O/c1-13(6-2-3-9-16-13)12(14)10-11-4-7-15-8-5-11/h4-5,7-8,12H,2-3,6,9-10,14H2,1H3. The first-order chi connectivity index (χ1) is 7.71. The average Bonchev–Trinajstić information content (AvgIpc) is 2.31. The highest BCUT2D eigenvalue weighted by Gasteiger charge is 2.34. The molecule has 2 unspecified atom stereocenters. The Morgan fingerprint density at radius 2 is 2.19 bits per heavy atom. The zero-order valence-corrected chi connectivity index (χ0v) is 9.86. The molecule has 3 nitrogen and oxygen atoms in total. The summed E-state index contributed by atoms with van der Waals surface area (Å²) in [5, 5.41) is 0. The smallest absolute Gasteiger partial charge is 0.0807 e. The van der Waals surface area contributed by atoms with E-state index in [1.54, 1.807) is 0 Å². The van der Waals surface area contributed by atoms with E-state index in [9.17, 15) is 0 Å². The highest BCUT2D eigenvalue weighted by atomic mass is 16.5. The number of hydrogen-bond donors (Lipinski definition) is 1. The second-order valence-electron chi connectivity index (χ2n) is 4.78. The van der Waals surface area contributed by atoms with Crippen molar-refractivity contribution >= 4 is 0 Å². The third kappa shape index (κ3) is 2.60. The van der Waals surface area contributed by atoms with Gasteiger partial charge in [-0.15, -0.1) is 0 Å². The van der Waals surface area contributed by atoms with Crippen LogP contribution in [-0.4, -0.2) is 23.2 Å². The lowest BCUT2D eigenvalue weighted by molar-refractivity contribution is -0.0808. The molecular weight excluding hydrogens is 200 g/mol. The SMILES string of the molecule is CC1(C(N)Cc2ccncc2)CCCCO1. The van der Waals surface area contributed by atoms with Crippen molar-refractivity contribution in [3.8, 4) is 0 Å². The molecule has 2 atom stereocenters. The van der Waals surface area contributed by atoms with Gasteiger partial charge in [0.15, 0.2) is 0 Å². The molecule has 1 aliphatic rings. The van der Waals surface area contributed by atoms with Crippen LogP contribution in [-0.2, 0) is 11.2 Å². The fourth-order valence-electron chi connectivity index (χ4n) is 2.24. The molecule has 1 fully saturated rings. The van der Waals surface area contributed by atoms with Gasteiger partial charge in [0.2, 0.25) is 0 Å². The zero-order chi connectivity index (χ0) is 11.4. The van der Waals surface area contributed by atoms with Crippen LogP contribution in [0.5, 0.6) is 0 Å². The van der Waals surface area contributed by atoms with E-state index in [2.05, 4.69) is 11.9 Å². The molecule has 2 N–H and O–H groups in total. The van der Waals surface area contributed by atoms with Crippen molar-refractivity contribution in [1.82, 2.24) is 4.98 Å². The maximum absolute atomic E-state index is 6.27. The fourth-order valence-corrected chi connectivity index (χ4v) is 2.24. The zero-order valence-electron chi connectivity index (χ0n) is 9.86. The van der Waals surface area contributed by atoms with Crippen molar-refractivity contribution in [2.75, 3.05) is 6.61 Å². The predicted molar refractivity (Wildman–Crippen MR) is 64.1 cm³/mol. The van der Waals surface area contributed by atoms with Crippen LogP contribution in [0.2, 0.25) is 0 Å². The molecule has 88 valence electrons. The normalized spacial score (nSPS) is 27.6. The van der Waals surface area contributed by atoms with Crippen LogP contribution in [0.1, 0.15) is 31.7 Å². The van der Waals surface area contributed by atoms with Gasteiger partial charge in [0, 0.05) is 25.0 Å². The predicted octanol–water partition coefficient (Wildman–Crippen LogP) is 1.91. The molecule has 1 saturated heterocycles. The van der Waals surface area contributed by atoms with Crippen molar-refractivity contribution in [2.24, 2.45) is 5.73 Å². The van der Waals surface area contributed by atoms with E-state index in [-0.39, 0.29) is 11.6 Å². The summed E-state index contributed by atoms with van der Waals surface area (Å²) in [5.74, 6) is 0. The molecule has 0 spiro atoms. The highest BCUT2D eigenvalue weighted by molar-refractivity contribution is 5.13. The minimum Gasteiger partial charge on any atom is -0.374 e. The van der Waals surface area contributed by atoms with E-state index in [4.69, 9.17) is 10.5 Å². The van der Waals surface area contributed by atoms with Crippen LogP contribution in [0.25, 0.3) is 0 Å². The Morgan fingerprint density at radius 3 is 2.81 bits per heavy atom. The van der Waals surface area contributed by atoms with E-state index in [1.807, 2.05) is 24.5 Å². The molecule has 16 heavy (non-hydrogen) atoms. The van der Waals surface area contributed by atoms with Crippen molar-refractivity contribution < 1.29 is 4.74 Å². The van der Waals surface area contributed by atoms with Gasteiger partial charge in [0.25, 0.3) is 0 Å². The summed E-state index contributed by atoms with van der Waals surface area (Å²) in [6.45, 7) is 2.98. The van der Waals surface area contributed by atoms with Gasteiger partial charge in [-0.3, -0.25) is 4.98 Å². The Balaban J connectivity index is 1.99. The molecule has 3 heteroatoms. The Kier molecular flexibility index (Phi) is 3.56. The topological polar surface area (TPSA) is 48.1 Å². The Labute approximate surface area is 97.0 Å². The molecule has 0 aliphatic carbocycles. The van der Waals surface area contributed by atoms with Crippen LogP contribution in [0.15, 0.2) is 24.5 Å². The van der Waals surface area contributed by atoms with Crippen LogP contribution >= 0.6 is 0 Å². The van der Waals surface area contributed by atoms with Gasteiger partial charge >= 0.3 is 0 Å². The summed E-state index contributed by atoms with van der Waals surface area (Å²) < 4.78 is 5.86. The van der Waals surface area contributed by atoms with E-state index in [0.29, 0.717) is 0 Å². The van der Waals surface area contributed by atoms with Crippen LogP contribution < -0.4 is 5.73 Å². The lowest BCUT2D eigenvalue weighted by atomic mass is 9.85. The van der Waals surface area contributed by atoms with E-state index in [0.717, 1.165) is 25.9 Å². The number of ether oxygens (including phenoxy) is 1. The molecule has 2 heterocycles. The molecule has 0 amide bonds. The largest absolute Gasteiger partial charge is 0.374 e. The van der Waals surface area contributed by atoms with Crippen LogP contribution in [0, 0.1) is 0 Å². The number of aromatic nitrogens is 1. The molecule has 0 saturated carbocycles. The van der Waals surface area contributed by atoms with Crippen molar-refractivity contribution in [2.45, 2.75) is 44.2 Å². The molecular formula is C13H20N2O. The third-order valence-electron chi connectivity index (χ3n) is 3.49. The average molecular weight is 220 g/mol. The summed E-state index contributed by atoms with van der Waals surface area (Å²) in [6.07, 6.45) is 7.94. The van der Waals surface area contributed by atoms with Crippen LogP contribution in [0.3, 0.4) is 0 Å². The molecule has 0 aromatic carbocycles. The molecule has 0 bridgehead atoms. The first-order valence-corrected chi connectivity index (χ1v) is 5.99. The summed E-state index contributed by atoms with van der Waals surface area (Å²) in [4.78, 5) is 4.01. The second kappa shape index (κ2) is 4.93. The van der Waals surface area contributed by atoms with E-state index >= 15 is 0 Å². The third-order valence-corrected chi connectivity index (χ3v) is 3.49. The summed E-state index contributed by atoms with van der Waals surface area (Å²) in [5.41, 5.74) is 7.35. The van der Waals surface area contributed by atoms with E-state index < -0.39 is 0 Å². The van der Waals surface area contributed by atoms with Gasteiger partial charge in [-0.2, -0.15) is 0 Å². The molecule has 1 aromatic heterocycles. The Bertz CT molecular complexity index is 320. The monoisotopic (exact) mass is 220 g/mol. The number of nitrogens with zero attached hydrogens (tertiary/aromatic N) is 1. The fraction of sp³-hybridized carbons (Fsp3) is 0.615. The quantitative estimate of drug-likeness (QED) is 0.846. The second-order valence-corrected chi connectivity index (χ2v) is 4.78. The minimum atomic E-state index is -0.151. The molecule has 1 aromatic rings. The van der Waals surface area contributed by atoms with Gasteiger partial charge in [-0.1, -0.05) is 0 Å². The lowest BCUT2D eigenvalue weighted by Gasteiger charge is -2.38. The van der Waals surface area contributed by atoms with Gasteiger partial charge in [-0.25, -0.2) is 0 Å². The number of hydrogen-bond acceptors (Lipinski definition) is 3. The number of rotatable bonds is 3. The summed E-state index contributed by atoms with van der Waals surface area (Å²) in [7, 11) is 0. The lowest BCUT2D eigenvalue weighted by Crippen LogP contribution is -2.50. The Morgan fingerprint density at radius 1 is 1.44 bits per heavy atom. The number of pyridine rings is 1. The number of nitrogens with two attached hydrogens (primary N) is 1. The summed E-state index contributed by atoms with van der Waals surface area (Å²) >= 11 is 0. The van der Waals surface area contributed by atoms with Gasteiger partial charge in [0.1, 0.15) is 0 Å².